The van der Waals surface area contributed by atoms with E-state index in [0.29, 0.717) is 0 Å². The predicted octanol–water partition coefficient (Wildman–Crippen LogP) is 1.55. The first-order valence-electron chi connectivity index (χ1n) is 3.78. The van der Waals surface area contributed by atoms with Crippen molar-refractivity contribution in [3.05, 3.63) is 23.9 Å². The summed E-state index contributed by atoms with van der Waals surface area (Å²) in [4.78, 5) is 4.38. The Kier molecular flexibility index (Phi) is 3.36. The Labute approximate surface area is 78.3 Å². The molecule has 11 heavy (non-hydrogen) atoms. The predicted molar refractivity (Wildman–Crippen MR) is 49.5 cm³/mol. The van der Waals surface area contributed by atoms with Crippen molar-refractivity contribution in [3.63, 3.8) is 0 Å². The summed E-state index contributed by atoms with van der Waals surface area (Å²) in [6.07, 6.45) is 1.90. The van der Waals surface area contributed by atoms with E-state index < -0.39 is 0 Å². The van der Waals surface area contributed by atoms with Crippen LogP contribution in [0.3, 0.4) is 0 Å². The van der Waals surface area contributed by atoms with E-state index in [-0.39, 0.29) is 20.9 Å². The van der Waals surface area contributed by atoms with E-state index >= 15 is 0 Å². The van der Waals surface area contributed by atoms with Crippen LogP contribution in [0.25, 0.3) is 0 Å². The van der Waals surface area contributed by atoms with Gasteiger partial charge in [0.15, 0.2) is 0 Å². The van der Waals surface area contributed by atoms with Crippen molar-refractivity contribution < 1.29 is 0 Å². The molecule has 0 saturated heterocycles. The van der Waals surface area contributed by atoms with E-state index in [1.165, 1.54) is 9.31 Å². The van der Waals surface area contributed by atoms with E-state index in [4.69, 9.17) is 0 Å². The molecule has 0 saturated carbocycles. The van der Waals surface area contributed by atoms with Gasteiger partial charge >= 0.3 is 78.3 Å². The molecule has 0 radical (unpaired) electrons. The molecule has 1 aromatic heterocycles. The summed E-state index contributed by atoms with van der Waals surface area (Å²) < 4.78 is 2.20. The molecule has 0 aliphatic carbocycles. The summed E-state index contributed by atoms with van der Waals surface area (Å²) >= 11 is -0.0395. The molecule has 1 aromatic rings. The van der Waals surface area contributed by atoms with E-state index in [1.54, 1.807) is 0 Å². The Morgan fingerprint density at radius 1 is 1.45 bits per heavy atom. The van der Waals surface area contributed by atoms with E-state index in [9.17, 15) is 0 Å². The first kappa shape index (κ1) is 9.03. The molecule has 2 heteroatoms. The van der Waals surface area contributed by atoms with Gasteiger partial charge in [-0.25, -0.2) is 0 Å². The number of hydrogen-bond acceptors (Lipinski definition) is 1. The van der Waals surface area contributed by atoms with Gasteiger partial charge in [0.2, 0.25) is 0 Å². The van der Waals surface area contributed by atoms with Gasteiger partial charge in [-0.15, -0.1) is 0 Å². The standard InChI is InChI=1S/C9H13NTe/c1-7(2)11-9-8(3)5-4-6-10-9/h4-7H,1-3H3. The third-order valence-electron chi connectivity index (χ3n) is 1.31. The zero-order chi connectivity index (χ0) is 8.27. The van der Waals surface area contributed by atoms with Gasteiger partial charge in [-0.1, -0.05) is 0 Å². The minimum atomic E-state index is -0.0395. The third kappa shape index (κ3) is 2.81. The van der Waals surface area contributed by atoms with Crippen LogP contribution in [0.5, 0.6) is 0 Å². The minimum absolute atomic E-state index is 0.0395. The van der Waals surface area contributed by atoms with Crippen molar-refractivity contribution >= 4 is 24.7 Å². The van der Waals surface area contributed by atoms with Crippen LogP contribution in [0.2, 0.25) is 3.97 Å². The summed E-state index contributed by atoms with van der Waals surface area (Å²) in [5.41, 5.74) is 1.36. The molecule has 1 rings (SSSR count). The normalized spacial score (nSPS) is 10.5. The number of hydrogen-bond donors (Lipinski definition) is 0. The van der Waals surface area contributed by atoms with Gasteiger partial charge in [-0.3, -0.25) is 0 Å². The van der Waals surface area contributed by atoms with Crippen LogP contribution in [0.15, 0.2) is 18.3 Å². The third-order valence-corrected chi connectivity index (χ3v) is 4.51. The second-order valence-electron chi connectivity index (χ2n) is 2.79. The van der Waals surface area contributed by atoms with Gasteiger partial charge in [-0.05, 0) is 0 Å². The van der Waals surface area contributed by atoms with Crippen LogP contribution >= 0.6 is 0 Å². The van der Waals surface area contributed by atoms with Gasteiger partial charge in [0.1, 0.15) is 0 Å². The maximum atomic E-state index is 4.38. The maximum absolute atomic E-state index is 4.38. The van der Waals surface area contributed by atoms with Crippen LogP contribution in [-0.4, -0.2) is 25.9 Å². The van der Waals surface area contributed by atoms with Crippen LogP contribution in [0, 0.1) is 6.92 Å². The number of aryl methyl sites for hydroxylation is 1. The van der Waals surface area contributed by atoms with Crippen LogP contribution in [0.1, 0.15) is 19.4 Å². The number of rotatable bonds is 2. The molecule has 0 aromatic carbocycles. The molecule has 0 unspecified atom stereocenters. The van der Waals surface area contributed by atoms with Crippen molar-refractivity contribution in [2.75, 3.05) is 0 Å². The van der Waals surface area contributed by atoms with Crippen LogP contribution < -0.4 is 3.74 Å². The molecule has 0 bridgehead atoms. The quantitative estimate of drug-likeness (QED) is 0.737. The molecule has 1 heterocycles. The molecule has 0 aliphatic heterocycles. The van der Waals surface area contributed by atoms with Crippen molar-refractivity contribution in [2.45, 2.75) is 24.7 Å². The molecule has 0 aliphatic rings. The average molecular weight is 263 g/mol. The summed E-state index contributed by atoms with van der Waals surface area (Å²) in [6, 6.07) is 4.15. The van der Waals surface area contributed by atoms with Gasteiger partial charge in [-0.2, -0.15) is 0 Å². The summed E-state index contributed by atoms with van der Waals surface area (Å²) in [5, 5.41) is 0. The van der Waals surface area contributed by atoms with E-state index in [2.05, 4.69) is 31.8 Å². The Morgan fingerprint density at radius 2 is 2.18 bits per heavy atom. The van der Waals surface area contributed by atoms with Gasteiger partial charge in [0.05, 0.1) is 0 Å². The monoisotopic (exact) mass is 265 g/mol. The first-order valence-corrected chi connectivity index (χ1v) is 6.29. The SMILES string of the molecule is Cc1cccnc1[Te]C(C)C. The topological polar surface area (TPSA) is 12.9 Å². The molecular weight excluding hydrogens is 250 g/mol. The number of nitrogens with zero attached hydrogens (tertiary/aromatic N) is 1. The summed E-state index contributed by atoms with van der Waals surface area (Å²) in [6.45, 7) is 6.70. The molecule has 0 N–H and O–H groups in total. The Balaban J connectivity index is 2.78. The molecule has 0 spiro atoms. The fraction of sp³-hybridized carbons (Fsp3) is 0.444. The molecular formula is C9H13NTe. The van der Waals surface area contributed by atoms with E-state index in [1.807, 2.05) is 12.3 Å². The Morgan fingerprint density at radius 3 is 2.73 bits per heavy atom. The first-order chi connectivity index (χ1) is 5.20. The second-order valence-corrected chi connectivity index (χ2v) is 7.26. The fourth-order valence-electron chi connectivity index (χ4n) is 0.818. The fourth-order valence-corrected chi connectivity index (χ4v) is 3.16. The van der Waals surface area contributed by atoms with Crippen molar-refractivity contribution in [1.82, 2.24) is 4.98 Å². The molecule has 0 atom stereocenters. The number of pyridine rings is 1. The summed E-state index contributed by atoms with van der Waals surface area (Å²) in [5.74, 6) is 0. The van der Waals surface area contributed by atoms with Crippen molar-refractivity contribution in [2.24, 2.45) is 0 Å². The zero-order valence-corrected chi connectivity index (χ0v) is 9.50. The van der Waals surface area contributed by atoms with Crippen LogP contribution in [0.4, 0.5) is 0 Å². The second kappa shape index (κ2) is 4.09. The molecule has 0 fully saturated rings. The molecule has 0 amide bonds. The van der Waals surface area contributed by atoms with E-state index in [0.717, 1.165) is 3.97 Å². The number of aromatic nitrogens is 1. The molecule has 60 valence electrons. The van der Waals surface area contributed by atoms with Gasteiger partial charge < -0.3 is 0 Å². The summed E-state index contributed by atoms with van der Waals surface area (Å²) in [7, 11) is 0. The molecule has 1 nitrogen and oxygen atoms in total. The average Bonchev–Trinajstić information content (AvgIpc) is 1.93. The Hall–Kier alpha value is -0.0604. The van der Waals surface area contributed by atoms with Crippen molar-refractivity contribution in [1.29, 1.82) is 0 Å². The Bertz CT molecular complexity index is 233. The van der Waals surface area contributed by atoms with Gasteiger partial charge in [0, 0.05) is 0 Å². The van der Waals surface area contributed by atoms with Crippen molar-refractivity contribution in [3.8, 4) is 0 Å². The van der Waals surface area contributed by atoms with Gasteiger partial charge in [0.25, 0.3) is 0 Å². The zero-order valence-electron chi connectivity index (χ0n) is 7.16. The van der Waals surface area contributed by atoms with Crippen LogP contribution in [-0.2, 0) is 0 Å².